The number of halogens is 1. The van der Waals surface area contributed by atoms with E-state index in [0.29, 0.717) is 23.7 Å². The van der Waals surface area contributed by atoms with Crippen molar-refractivity contribution in [1.82, 2.24) is 10.6 Å². The summed E-state index contributed by atoms with van der Waals surface area (Å²) in [5.41, 5.74) is 2.48. The summed E-state index contributed by atoms with van der Waals surface area (Å²) in [5.74, 6) is -0.277. The number of hydrogen-bond acceptors (Lipinski definition) is 2. The van der Waals surface area contributed by atoms with Crippen molar-refractivity contribution in [2.24, 2.45) is 0 Å². The van der Waals surface area contributed by atoms with Crippen LogP contribution in [-0.2, 0) is 11.3 Å². The Kier molecular flexibility index (Phi) is 6.18. The Bertz CT molecular complexity index is 701. The van der Waals surface area contributed by atoms with Gasteiger partial charge in [-0.05, 0) is 36.2 Å². The van der Waals surface area contributed by atoms with E-state index in [1.54, 1.807) is 12.1 Å². The summed E-state index contributed by atoms with van der Waals surface area (Å²) in [6.45, 7) is 2.60. The van der Waals surface area contributed by atoms with Gasteiger partial charge in [-0.15, -0.1) is 0 Å². The number of carbonyl (C=O) groups is 2. The predicted molar refractivity (Wildman–Crippen MR) is 91.4 cm³/mol. The molecule has 2 aromatic carbocycles. The van der Waals surface area contributed by atoms with Gasteiger partial charge in [-0.1, -0.05) is 41.9 Å². The second-order valence-corrected chi connectivity index (χ2v) is 5.66. The number of hydrogen-bond donors (Lipinski definition) is 2. The lowest BCUT2D eigenvalue weighted by molar-refractivity contribution is -0.121. The molecule has 120 valence electrons. The van der Waals surface area contributed by atoms with Crippen molar-refractivity contribution in [2.75, 3.05) is 6.54 Å². The average Bonchev–Trinajstić information content (AvgIpc) is 2.53. The highest BCUT2D eigenvalue weighted by molar-refractivity contribution is 6.30. The zero-order valence-electron chi connectivity index (χ0n) is 12.9. The van der Waals surface area contributed by atoms with Gasteiger partial charge in [0.15, 0.2) is 0 Å². The minimum atomic E-state index is -0.161. The van der Waals surface area contributed by atoms with E-state index < -0.39 is 0 Å². The molecule has 0 aliphatic carbocycles. The molecule has 0 aliphatic heterocycles. The van der Waals surface area contributed by atoms with Gasteiger partial charge < -0.3 is 10.6 Å². The summed E-state index contributed by atoms with van der Waals surface area (Å²) in [7, 11) is 0. The van der Waals surface area contributed by atoms with Crippen LogP contribution in [0.5, 0.6) is 0 Å². The number of nitrogens with one attached hydrogen (secondary N) is 2. The van der Waals surface area contributed by atoms with Gasteiger partial charge in [0, 0.05) is 30.1 Å². The minimum Gasteiger partial charge on any atom is -0.352 e. The molecule has 2 rings (SSSR count). The monoisotopic (exact) mass is 330 g/mol. The van der Waals surface area contributed by atoms with Gasteiger partial charge in [-0.3, -0.25) is 9.59 Å². The van der Waals surface area contributed by atoms with Crippen LogP contribution in [0.3, 0.4) is 0 Å². The van der Waals surface area contributed by atoms with Crippen molar-refractivity contribution >= 4 is 23.4 Å². The molecule has 2 amide bonds. The lowest BCUT2D eigenvalue weighted by Gasteiger charge is -2.08. The minimum absolute atomic E-state index is 0.116. The van der Waals surface area contributed by atoms with E-state index in [4.69, 9.17) is 11.6 Å². The predicted octanol–water partition coefficient (Wildman–Crippen LogP) is 3.08. The first-order valence-electron chi connectivity index (χ1n) is 7.41. The van der Waals surface area contributed by atoms with E-state index in [1.807, 2.05) is 43.3 Å². The van der Waals surface area contributed by atoms with E-state index >= 15 is 0 Å². The van der Waals surface area contributed by atoms with Gasteiger partial charge in [-0.2, -0.15) is 0 Å². The highest BCUT2D eigenvalue weighted by Crippen LogP contribution is 2.10. The summed E-state index contributed by atoms with van der Waals surface area (Å²) >= 11 is 5.89. The SMILES string of the molecule is Cc1ccccc1C(=O)NCCC(=O)NCc1cccc(Cl)c1. The first kappa shape index (κ1) is 17.0. The molecule has 5 heteroatoms. The van der Waals surface area contributed by atoms with Crippen LogP contribution in [0.2, 0.25) is 5.02 Å². The molecule has 0 aliphatic rings. The maximum atomic E-state index is 12.0. The third-order valence-electron chi connectivity index (χ3n) is 3.41. The Labute approximate surface area is 140 Å². The van der Waals surface area contributed by atoms with E-state index in [1.165, 1.54) is 0 Å². The van der Waals surface area contributed by atoms with Gasteiger partial charge in [0.25, 0.3) is 5.91 Å². The quantitative estimate of drug-likeness (QED) is 0.855. The lowest BCUT2D eigenvalue weighted by atomic mass is 10.1. The number of rotatable bonds is 6. The van der Waals surface area contributed by atoms with Crippen molar-refractivity contribution in [3.63, 3.8) is 0 Å². The Morgan fingerprint density at radius 3 is 2.57 bits per heavy atom. The second kappa shape index (κ2) is 8.34. The molecule has 0 aromatic heterocycles. The topological polar surface area (TPSA) is 58.2 Å². The summed E-state index contributed by atoms with van der Waals surface area (Å²) < 4.78 is 0. The van der Waals surface area contributed by atoms with Crippen LogP contribution in [0.15, 0.2) is 48.5 Å². The Hall–Kier alpha value is -2.33. The summed E-state index contributed by atoms with van der Waals surface area (Å²) in [4.78, 5) is 23.8. The van der Waals surface area contributed by atoms with Crippen LogP contribution in [0.1, 0.15) is 27.9 Å². The first-order chi connectivity index (χ1) is 11.1. The maximum absolute atomic E-state index is 12.0. The molecule has 0 saturated carbocycles. The Morgan fingerprint density at radius 2 is 1.83 bits per heavy atom. The fraction of sp³-hybridized carbons (Fsp3) is 0.222. The number of aryl methyl sites for hydroxylation is 1. The van der Waals surface area contributed by atoms with Crippen LogP contribution in [0, 0.1) is 6.92 Å². The van der Waals surface area contributed by atoms with Crippen molar-refractivity contribution in [1.29, 1.82) is 0 Å². The maximum Gasteiger partial charge on any atom is 0.251 e. The molecule has 23 heavy (non-hydrogen) atoms. The molecule has 0 unspecified atom stereocenters. The van der Waals surface area contributed by atoms with Crippen LogP contribution >= 0.6 is 11.6 Å². The molecular weight excluding hydrogens is 312 g/mol. The number of amides is 2. The third-order valence-corrected chi connectivity index (χ3v) is 3.64. The zero-order chi connectivity index (χ0) is 16.7. The molecule has 0 heterocycles. The molecule has 0 radical (unpaired) electrons. The van der Waals surface area contributed by atoms with E-state index in [9.17, 15) is 9.59 Å². The molecule has 0 bridgehead atoms. The fourth-order valence-corrected chi connectivity index (χ4v) is 2.36. The number of benzene rings is 2. The smallest absolute Gasteiger partial charge is 0.251 e. The van der Waals surface area contributed by atoms with Gasteiger partial charge >= 0.3 is 0 Å². The molecule has 2 N–H and O–H groups in total. The molecule has 0 atom stereocenters. The first-order valence-corrected chi connectivity index (χ1v) is 7.79. The fourth-order valence-electron chi connectivity index (χ4n) is 2.15. The molecule has 0 saturated heterocycles. The number of carbonyl (C=O) groups excluding carboxylic acids is 2. The normalized spacial score (nSPS) is 10.2. The van der Waals surface area contributed by atoms with Gasteiger partial charge in [-0.25, -0.2) is 0 Å². The summed E-state index contributed by atoms with van der Waals surface area (Å²) in [6, 6.07) is 14.7. The lowest BCUT2D eigenvalue weighted by Crippen LogP contribution is -2.30. The van der Waals surface area contributed by atoms with Crippen molar-refractivity contribution < 1.29 is 9.59 Å². The van der Waals surface area contributed by atoms with Crippen molar-refractivity contribution in [3.8, 4) is 0 Å². The molecular formula is C18H19ClN2O2. The van der Waals surface area contributed by atoms with E-state index in [0.717, 1.165) is 11.1 Å². The van der Waals surface area contributed by atoms with Gasteiger partial charge in [0.05, 0.1) is 0 Å². The highest BCUT2D eigenvalue weighted by atomic mass is 35.5. The van der Waals surface area contributed by atoms with Gasteiger partial charge in [0.2, 0.25) is 5.91 Å². The standard InChI is InChI=1S/C18H19ClN2O2/c1-13-5-2-3-8-16(13)18(23)20-10-9-17(22)21-12-14-6-4-7-15(19)11-14/h2-8,11H,9-10,12H2,1H3,(H,20,23)(H,21,22). The van der Waals surface area contributed by atoms with Crippen LogP contribution in [-0.4, -0.2) is 18.4 Å². The zero-order valence-corrected chi connectivity index (χ0v) is 13.7. The van der Waals surface area contributed by atoms with Gasteiger partial charge in [0.1, 0.15) is 0 Å². The van der Waals surface area contributed by atoms with Crippen molar-refractivity contribution in [3.05, 3.63) is 70.2 Å². The summed E-state index contributed by atoms with van der Waals surface area (Å²) in [6.07, 6.45) is 0.234. The van der Waals surface area contributed by atoms with Crippen LogP contribution in [0.25, 0.3) is 0 Å². The van der Waals surface area contributed by atoms with E-state index in [2.05, 4.69) is 10.6 Å². The van der Waals surface area contributed by atoms with Crippen LogP contribution in [0.4, 0.5) is 0 Å². The molecule has 0 spiro atoms. The largest absolute Gasteiger partial charge is 0.352 e. The molecule has 4 nitrogen and oxygen atoms in total. The van der Waals surface area contributed by atoms with Crippen LogP contribution < -0.4 is 10.6 Å². The van der Waals surface area contributed by atoms with E-state index in [-0.39, 0.29) is 18.2 Å². The third kappa shape index (κ3) is 5.42. The molecule has 2 aromatic rings. The molecule has 0 fully saturated rings. The average molecular weight is 331 g/mol. The second-order valence-electron chi connectivity index (χ2n) is 5.23. The highest BCUT2D eigenvalue weighted by Gasteiger charge is 2.08. The Balaban J connectivity index is 1.73. The summed E-state index contributed by atoms with van der Waals surface area (Å²) in [5, 5.41) is 6.20. The Morgan fingerprint density at radius 1 is 1.04 bits per heavy atom. The van der Waals surface area contributed by atoms with Crippen molar-refractivity contribution in [2.45, 2.75) is 19.9 Å².